The maximum absolute atomic E-state index is 12.3. The Hall–Kier alpha value is -2.42. The first-order valence-corrected chi connectivity index (χ1v) is 11.6. The summed E-state index contributed by atoms with van der Waals surface area (Å²) in [6.07, 6.45) is 12.7. The molecule has 174 valence electrons. The highest BCUT2D eigenvalue weighted by atomic mass is 16.9. The molecule has 1 fully saturated rings. The molecule has 0 radical (unpaired) electrons. The first kappa shape index (κ1) is 24.8. The Morgan fingerprint density at radius 1 is 1.03 bits per heavy atom. The van der Waals surface area contributed by atoms with Gasteiger partial charge in [0, 0.05) is 38.9 Å². The number of aromatic nitrogens is 1. The van der Waals surface area contributed by atoms with Crippen LogP contribution < -0.4 is 15.5 Å². The van der Waals surface area contributed by atoms with Gasteiger partial charge in [0.15, 0.2) is 0 Å². The molecule has 1 aliphatic rings. The maximum atomic E-state index is 12.3. The first-order chi connectivity index (χ1) is 15.2. The number of amides is 1. The van der Waals surface area contributed by atoms with Crippen molar-refractivity contribution in [1.29, 1.82) is 0 Å². The number of piperazine rings is 1. The highest BCUT2D eigenvalue weighted by molar-refractivity contribution is 5.94. The molecule has 0 aromatic carbocycles. The molecule has 0 atom stereocenters. The summed E-state index contributed by atoms with van der Waals surface area (Å²) < 4.78 is 0. The van der Waals surface area contributed by atoms with Crippen LogP contribution >= 0.6 is 0 Å². The van der Waals surface area contributed by atoms with Gasteiger partial charge in [0.2, 0.25) is 0 Å². The predicted octanol–water partition coefficient (Wildman–Crippen LogP) is 3.33. The number of hydrogen-bond donors (Lipinski definition) is 2. The summed E-state index contributed by atoms with van der Waals surface area (Å²) >= 11 is 0. The molecule has 0 bridgehead atoms. The molecule has 1 aromatic heterocycles. The van der Waals surface area contributed by atoms with Crippen molar-refractivity contribution < 1.29 is 14.7 Å². The van der Waals surface area contributed by atoms with Crippen LogP contribution in [0.2, 0.25) is 0 Å². The molecule has 1 aromatic rings. The van der Waals surface area contributed by atoms with Crippen LogP contribution in [0.15, 0.2) is 18.3 Å². The van der Waals surface area contributed by atoms with E-state index >= 15 is 0 Å². The molecule has 1 aliphatic heterocycles. The van der Waals surface area contributed by atoms with Crippen molar-refractivity contribution in [2.45, 2.75) is 64.2 Å². The zero-order chi connectivity index (χ0) is 22.2. The van der Waals surface area contributed by atoms with Crippen molar-refractivity contribution in [2.24, 2.45) is 0 Å². The molecule has 1 amide bonds. The fourth-order valence-corrected chi connectivity index (χ4v) is 3.69. The number of hydrogen-bond acceptors (Lipinski definition) is 7. The van der Waals surface area contributed by atoms with E-state index in [1.54, 1.807) is 6.20 Å². The Bertz CT molecular complexity index is 635. The van der Waals surface area contributed by atoms with Crippen molar-refractivity contribution in [1.82, 2.24) is 15.6 Å². The minimum absolute atomic E-state index is 0.0528. The number of anilines is 1. The molecule has 31 heavy (non-hydrogen) atoms. The van der Waals surface area contributed by atoms with Crippen molar-refractivity contribution >= 4 is 11.7 Å². The zero-order valence-electron chi connectivity index (χ0n) is 18.5. The third-order valence-corrected chi connectivity index (χ3v) is 5.50. The van der Waals surface area contributed by atoms with Crippen LogP contribution in [0.3, 0.4) is 0 Å². The summed E-state index contributed by atoms with van der Waals surface area (Å²) in [7, 11) is 0. The lowest BCUT2D eigenvalue weighted by atomic mass is 10.1. The summed E-state index contributed by atoms with van der Waals surface area (Å²) in [6.45, 7) is 4.73. The second kappa shape index (κ2) is 15.4. The lowest BCUT2D eigenvalue weighted by Crippen LogP contribution is -2.43. The number of carbonyl (C=O) groups excluding carboxylic acids is 1. The monoisotopic (exact) mass is 435 g/mol. The van der Waals surface area contributed by atoms with Crippen molar-refractivity contribution in [3.8, 4) is 0 Å². The van der Waals surface area contributed by atoms with E-state index in [1.165, 1.54) is 32.1 Å². The zero-order valence-corrected chi connectivity index (χ0v) is 18.5. The number of nitrogens with one attached hydrogen (secondary N) is 2. The molecule has 0 spiro atoms. The van der Waals surface area contributed by atoms with E-state index in [0.717, 1.165) is 64.1 Å². The Labute approximate surface area is 185 Å². The third kappa shape index (κ3) is 11.0. The van der Waals surface area contributed by atoms with Gasteiger partial charge in [0.05, 0.1) is 12.2 Å². The second-order valence-electron chi connectivity index (χ2n) is 7.99. The van der Waals surface area contributed by atoms with Gasteiger partial charge in [-0.25, -0.2) is 4.98 Å². The van der Waals surface area contributed by atoms with Crippen LogP contribution in [-0.4, -0.2) is 55.3 Å². The van der Waals surface area contributed by atoms with E-state index in [0.29, 0.717) is 12.1 Å². The van der Waals surface area contributed by atoms with Gasteiger partial charge in [-0.1, -0.05) is 51.4 Å². The van der Waals surface area contributed by atoms with Crippen molar-refractivity contribution in [3.63, 3.8) is 0 Å². The molecule has 1 saturated heterocycles. The van der Waals surface area contributed by atoms with E-state index in [1.807, 2.05) is 12.1 Å². The first-order valence-electron chi connectivity index (χ1n) is 11.6. The minimum atomic E-state index is -0.728. The smallest absolute Gasteiger partial charge is 0.294 e. The topological polar surface area (TPSA) is 110 Å². The van der Waals surface area contributed by atoms with Gasteiger partial charge in [-0.2, -0.15) is 0 Å². The Morgan fingerprint density at radius 2 is 1.65 bits per heavy atom. The fourth-order valence-electron chi connectivity index (χ4n) is 3.69. The Morgan fingerprint density at radius 3 is 2.23 bits per heavy atom. The predicted molar refractivity (Wildman–Crippen MR) is 121 cm³/mol. The third-order valence-electron chi connectivity index (χ3n) is 5.50. The highest BCUT2D eigenvalue weighted by Gasteiger charge is 2.12. The summed E-state index contributed by atoms with van der Waals surface area (Å²) in [5, 5.41) is 15.6. The van der Waals surface area contributed by atoms with Crippen LogP contribution in [0.25, 0.3) is 0 Å². The largest absolute Gasteiger partial charge is 0.354 e. The molecule has 9 nitrogen and oxygen atoms in total. The molecular weight excluding hydrogens is 398 g/mol. The van der Waals surface area contributed by atoms with Gasteiger partial charge in [-0.15, -0.1) is 10.1 Å². The maximum Gasteiger partial charge on any atom is 0.294 e. The number of unbranched alkanes of at least 4 members (excludes halogenated alkanes) is 9. The second-order valence-corrected chi connectivity index (χ2v) is 7.99. The molecular formula is C22H37N5O4. The Balaban J connectivity index is 1.41. The lowest BCUT2D eigenvalue weighted by Gasteiger charge is -2.28. The van der Waals surface area contributed by atoms with E-state index in [9.17, 15) is 14.9 Å². The van der Waals surface area contributed by atoms with Crippen LogP contribution in [0, 0.1) is 10.1 Å². The summed E-state index contributed by atoms with van der Waals surface area (Å²) in [6, 6.07) is 3.79. The summed E-state index contributed by atoms with van der Waals surface area (Å²) in [5.41, 5.74) is 0.615. The van der Waals surface area contributed by atoms with Gasteiger partial charge < -0.3 is 20.4 Å². The van der Waals surface area contributed by atoms with Gasteiger partial charge in [0.25, 0.3) is 11.0 Å². The summed E-state index contributed by atoms with van der Waals surface area (Å²) in [5.74, 6) is 0.880. The van der Waals surface area contributed by atoms with E-state index in [2.05, 4.69) is 25.4 Å². The number of rotatable bonds is 16. The van der Waals surface area contributed by atoms with E-state index in [-0.39, 0.29) is 12.5 Å². The molecule has 0 aliphatic carbocycles. The van der Waals surface area contributed by atoms with Crippen LogP contribution in [0.1, 0.15) is 74.6 Å². The molecule has 0 unspecified atom stereocenters. The van der Waals surface area contributed by atoms with Gasteiger partial charge in [-0.3, -0.25) is 4.79 Å². The fraction of sp³-hybridized carbons (Fsp3) is 0.727. The van der Waals surface area contributed by atoms with E-state index in [4.69, 9.17) is 0 Å². The number of nitrogens with zero attached hydrogens (tertiary/aromatic N) is 3. The molecule has 2 heterocycles. The average molecular weight is 436 g/mol. The van der Waals surface area contributed by atoms with Crippen molar-refractivity contribution in [2.75, 3.05) is 44.2 Å². The lowest BCUT2D eigenvalue weighted by molar-refractivity contribution is -0.757. The van der Waals surface area contributed by atoms with Gasteiger partial charge in [-0.05, 0) is 25.0 Å². The van der Waals surface area contributed by atoms with Crippen molar-refractivity contribution in [3.05, 3.63) is 34.0 Å². The average Bonchev–Trinajstić information content (AvgIpc) is 2.79. The molecule has 0 saturated carbocycles. The number of pyridine rings is 1. The molecule has 9 heteroatoms. The quantitative estimate of drug-likeness (QED) is 0.233. The van der Waals surface area contributed by atoms with Gasteiger partial charge in [0.1, 0.15) is 5.82 Å². The number of carbonyl (C=O) groups is 1. The van der Waals surface area contributed by atoms with Crippen LogP contribution in [-0.2, 0) is 4.84 Å². The Kier molecular flexibility index (Phi) is 12.3. The minimum Gasteiger partial charge on any atom is -0.354 e. The summed E-state index contributed by atoms with van der Waals surface area (Å²) in [4.78, 5) is 33.2. The standard InChI is InChI=1S/C22H37N5O4/c28-22(20-11-12-21(25-19-20)26-16-14-23-15-17-26)24-13-9-7-5-3-1-2-4-6-8-10-18-31-27(29)30/h11-12,19,23H,1-10,13-18H2,(H,24,28). The van der Waals surface area contributed by atoms with Crippen LogP contribution in [0.4, 0.5) is 5.82 Å². The normalized spacial score (nSPS) is 13.7. The van der Waals surface area contributed by atoms with Crippen LogP contribution in [0.5, 0.6) is 0 Å². The molecule has 2 N–H and O–H groups in total. The van der Waals surface area contributed by atoms with E-state index < -0.39 is 5.09 Å². The SMILES string of the molecule is O=C(NCCCCCCCCCCCCO[N+](=O)[O-])c1ccc(N2CCNCC2)nc1. The highest BCUT2D eigenvalue weighted by Crippen LogP contribution is 2.13. The van der Waals surface area contributed by atoms with Gasteiger partial charge >= 0.3 is 0 Å². The molecule has 2 rings (SSSR count).